The van der Waals surface area contributed by atoms with Crippen molar-refractivity contribution in [3.05, 3.63) is 18.2 Å². The van der Waals surface area contributed by atoms with Crippen molar-refractivity contribution in [1.82, 2.24) is 9.55 Å². The van der Waals surface area contributed by atoms with Crippen molar-refractivity contribution in [2.45, 2.75) is 84.6 Å². The largest absolute Gasteiger partial charge is 0.332 e. The molecule has 0 aromatic carbocycles. The molecule has 104 valence electrons. The number of rotatable bonds is 9. The van der Waals surface area contributed by atoms with E-state index < -0.39 is 0 Å². The molecule has 0 aliphatic carbocycles. The third kappa shape index (κ3) is 4.47. The van der Waals surface area contributed by atoms with E-state index in [0.717, 1.165) is 0 Å². The molecule has 0 radical (unpaired) electrons. The summed E-state index contributed by atoms with van der Waals surface area (Å²) in [6, 6.07) is 0.596. The molecule has 2 nitrogen and oxygen atoms in total. The topological polar surface area (TPSA) is 17.8 Å². The Hall–Kier alpha value is -0.790. The van der Waals surface area contributed by atoms with E-state index in [1.165, 1.54) is 50.8 Å². The number of unbranched alkanes of at least 4 members (excludes halogenated alkanes) is 3. The maximum Gasteiger partial charge on any atom is 0.111 e. The Morgan fingerprint density at radius 2 is 1.83 bits per heavy atom. The van der Waals surface area contributed by atoms with Gasteiger partial charge in [0.2, 0.25) is 0 Å². The molecule has 0 saturated heterocycles. The minimum atomic E-state index is 0.586. The molecule has 18 heavy (non-hydrogen) atoms. The van der Waals surface area contributed by atoms with Gasteiger partial charge in [-0.05, 0) is 19.8 Å². The normalized spacial score (nSPS) is 14.7. The van der Waals surface area contributed by atoms with Gasteiger partial charge < -0.3 is 4.57 Å². The lowest BCUT2D eigenvalue weighted by molar-refractivity contribution is 0.443. The first-order valence-corrected chi connectivity index (χ1v) is 7.73. The van der Waals surface area contributed by atoms with Crippen LogP contribution in [0.4, 0.5) is 0 Å². The molecule has 0 bridgehead atoms. The molecule has 2 atom stereocenters. The molecule has 2 unspecified atom stereocenters. The summed E-state index contributed by atoms with van der Waals surface area (Å²) in [5.41, 5.74) is 0. The van der Waals surface area contributed by atoms with Crippen LogP contribution in [0.3, 0.4) is 0 Å². The number of imidazole rings is 1. The molecule has 1 aromatic heterocycles. The third-order valence-electron chi connectivity index (χ3n) is 3.81. The highest BCUT2D eigenvalue weighted by molar-refractivity contribution is 5.00. The number of aromatic nitrogens is 2. The Bertz CT molecular complexity index is 317. The smallest absolute Gasteiger partial charge is 0.111 e. The quantitative estimate of drug-likeness (QED) is 0.542. The first kappa shape index (κ1) is 15.3. The summed E-state index contributed by atoms with van der Waals surface area (Å²) in [6.45, 7) is 9.14. The lowest BCUT2D eigenvalue weighted by Crippen LogP contribution is -2.11. The Labute approximate surface area is 113 Å². The van der Waals surface area contributed by atoms with E-state index in [4.69, 9.17) is 0 Å². The fourth-order valence-electron chi connectivity index (χ4n) is 2.65. The Kier molecular flexibility index (Phi) is 7.07. The summed E-state index contributed by atoms with van der Waals surface area (Å²) in [7, 11) is 0. The zero-order valence-electron chi connectivity index (χ0n) is 12.7. The third-order valence-corrected chi connectivity index (χ3v) is 3.81. The fraction of sp³-hybridized carbons (Fsp3) is 0.812. The van der Waals surface area contributed by atoms with Crippen LogP contribution in [0.25, 0.3) is 0 Å². The second-order valence-corrected chi connectivity index (χ2v) is 5.58. The van der Waals surface area contributed by atoms with Gasteiger partial charge in [-0.25, -0.2) is 4.98 Å². The molecule has 0 spiro atoms. The van der Waals surface area contributed by atoms with E-state index in [9.17, 15) is 0 Å². The van der Waals surface area contributed by atoms with Crippen molar-refractivity contribution in [3.8, 4) is 0 Å². The predicted molar refractivity (Wildman–Crippen MR) is 79.0 cm³/mol. The van der Waals surface area contributed by atoms with E-state index in [2.05, 4.69) is 43.4 Å². The number of nitrogens with zero attached hydrogens (tertiary/aromatic N) is 2. The summed E-state index contributed by atoms with van der Waals surface area (Å²) in [6.07, 6.45) is 13.3. The van der Waals surface area contributed by atoms with E-state index in [0.29, 0.717) is 12.0 Å². The monoisotopic (exact) mass is 250 g/mol. The van der Waals surface area contributed by atoms with Crippen LogP contribution < -0.4 is 0 Å². The molecule has 0 saturated carbocycles. The summed E-state index contributed by atoms with van der Waals surface area (Å²) < 4.78 is 2.40. The van der Waals surface area contributed by atoms with Gasteiger partial charge >= 0.3 is 0 Å². The Morgan fingerprint density at radius 3 is 2.50 bits per heavy atom. The molecule has 0 aliphatic heterocycles. The van der Waals surface area contributed by atoms with Crippen LogP contribution in [0.15, 0.2) is 12.4 Å². The summed E-state index contributed by atoms with van der Waals surface area (Å²) in [5, 5.41) is 0. The summed E-state index contributed by atoms with van der Waals surface area (Å²) in [5.74, 6) is 1.86. The van der Waals surface area contributed by atoms with Gasteiger partial charge in [0.25, 0.3) is 0 Å². The average molecular weight is 250 g/mol. The van der Waals surface area contributed by atoms with Gasteiger partial charge in [0.1, 0.15) is 5.82 Å². The molecule has 0 fully saturated rings. The number of hydrogen-bond acceptors (Lipinski definition) is 1. The molecule has 0 N–H and O–H groups in total. The first-order chi connectivity index (χ1) is 8.70. The molecule has 1 rings (SSSR count). The second-order valence-electron chi connectivity index (χ2n) is 5.58. The van der Waals surface area contributed by atoms with Crippen LogP contribution in [0.5, 0.6) is 0 Å². The van der Waals surface area contributed by atoms with Crippen LogP contribution in [0.1, 0.15) is 90.4 Å². The van der Waals surface area contributed by atoms with Crippen LogP contribution in [-0.2, 0) is 0 Å². The highest BCUT2D eigenvalue weighted by Gasteiger charge is 2.14. The zero-order valence-corrected chi connectivity index (χ0v) is 12.7. The lowest BCUT2D eigenvalue weighted by Gasteiger charge is -2.19. The van der Waals surface area contributed by atoms with Gasteiger partial charge in [-0.1, -0.05) is 52.9 Å². The predicted octanol–water partition coefficient (Wildman–Crippen LogP) is 5.32. The SMILES string of the molecule is CCCCCCC(C)n1ccnc1C(C)CCC. The van der Waals surface area contributed by atoms with E-state index in [1.807, 2.05) is 6.20 Å². The lowest BCUT2D eigenvalue weighted by atomic mass is 10.0. The van der Waals surface area contributed by atoms with Crippen molar-refractivity contribution in [1.29, 1.82) is 0 Å². The van der Waals surface area contributed by atoms with Gasteiger partial charge in [-0.15, -0.1) is 0 Å². The van der Waals surface area contributed by atoms with Gasteiger partial charge in [-0.3, -0.25) is 0 Å². The van der Waals surface area contributed by atoms with Crippen LogP contribution in [-0.4, -0.2) is 9.55 Å². The average Bonchev–Trinajstić information content (AvgIpc) is 2.84. The van der Waals surface area contributed by atoms with Crippen LogP contribution in [0.2, 0.25) is 0 Å². The first-order valence-electron chi connectivity index (χ1n) is 7.73. The minimum Gasteiger partial charge on any atom is -0.332 e. The molecular weight excluding hydrogens is 220 g/mol. The van der Waals surface area contributed by atoms with Gasteiger partial charge in [0.15, 0.2) is 0 Å². The van der Waals surface area contributed by atoms with Gasteiger partial charge in [0.05, 0.1) is 0 Å². The maximum absolute atomic E-state index is 4.56. The van der Waals surface area contributed by atoms with Crippen molar-refractivity contribution < 1.29 is 0 Å². The number of hydrogen-bond donors (Lipinski definition) is 0. The molecule has 1 aromatic rings. The van der Waals surface area contributed by atoms with E-state index >= 15 is 0 Å². The minimum absolute atomic E-state index is 0.586. The molecule has 0 aliphatic rings. The molecule has 1 heterocycles. The Balaban J connectivity index is 2.51. The standard InChI is InChI=1S/C16H30N2/c1-5-7-8-9-11-15(4)18-13-12-17-16(18)14(3)10-6-2/h12-15H,5-11H2,1-4H3. The molecular formula is C16H30N2. The Morgan fingerprint density at radius 1 is 1.06 bits per heavy atom. The van der Waals surface area contributed by atoms with E-state index in [-0.39, 0.29) is 0 Å². The second kappa shape index (κ2) is 8.34. The highest BCUT2D eigenvalue weighted by atomic mass is 15.1. The van der Waals surface area contributed by atoms with Crippen molar-refractivity contribution >= 4 is 0 Å². The highest BCUT2D eigenvalue weighted by Crippen LogP contribution is 2.24. The van der Waals surface area contributed by atoms with Crippen LogP contribution in [0, 0.1) is 0 Å². The molecule has 0 amide bonds. The summed E-state index contributed by atoms with van der Waals surface area (Å²) in [4.78, 5) is 4.56. The van der Waals surface area contributed by atoms with E-state index in [1.54, 1.807) is 0 Å². The molecule has 2 heteroatoms. The van der Waals surface area contributed by atoms with Gasteiger partial charge in [0, 0.05) is 24.4 Å². The summed E-state index contributed by atoms with van der Waals surface area (Å²) >= 11 is 0. The van der Waals surface area contributed by atoms with Crippen LogP contribution >= 0.6 is 0 Å². The fourth-order valence-corrected chi connectivity index (χ4v) is 2.65. The zero-order chi connectivity index (χ0) is 13.4. The van der Waals surface area contributed by atoms with Gasteiger partial charge in [-0.2, -0.15) is 0 Å². The maximum atomic E-state index is 4.56. The van der Waals surface area contributed by atoms with Crippen molar-refractivity contribution in [2.75, 3.05) is 0 Å². The van der Waals surface area contributed by atoms with Crippen molar-refractivity contribution in [2.24, 2.45) is 0 Å². The van der Waals surface area contributed by atoms with Crippen molar-refractivity contribution in [3.63, 3.8) is 0 Å².